The maximum absolute atomic E-state index is 12.7. The van der Waals surface area contributed by atoms with Crippen LogP contribution < -0.4 is 9.62 Å². The molecule has 0 radical (unpaired) electrons. The number of benzene rings is 2. The van der Waals surface area contributed by atoms with Gasteiger partial charge >= 0.3 is 0 Å². The van der Waals surface area contributed by atoms with E-state index < -0.39 is 10.0 Å². The first-order valence-corrected chi connectivity index (χ1v) is 9.87. The smallest absolute Gasteiger partial charge is 0.253 e. The molecule has 1 N–H and O–H groups in total. The Labute approximate surface area is 149 Å². The molecule has 6 heteroatoms. The lowest BCUT2D eigenvalue weighted by Gasteiger charge is -2.22. The van der Waals surface area contributed by atoms with Crippen molar-refractivity contribution >= 4 is 21.6 Å². The fourth-order valence-electron chi connectivity index (χ4n) is 2.70. The Kier molecular flexibility index (Phi) is 5.52. The molecule has 1 atom stereocenters. The predicted molar refractivity (Wildman–Crippen MR) is 101 cm³/mol. The van der Waals surface area contributed by atoms with Crippen LogP contribution in [0.2, 0.25) is 0 Å². The van der Waals surface area contributed by atoms with E-state index in [4.69, 9.17) is 0 Å². The highest BCUT2D eigenvalue weighted by Gasteiger charge is 2.21. The number of nitrogens with zero attached hydrogens (tertiary/aromatic N) is 1. The number of amides is 1. The van der Waals surface area contributed by atoms with E-state index in [2.05, 4.69) is 11.4 Å². The third-order valence-corrected chi connectivity index (χ3v) is 5.43. The molecule has 0 saturated heterocycles. The number of anilines is 1. The molecule has 0 unspecified atom stereocenters. The van der Waals surface area contributed by atoms with Gasteiger partial charge in [-0.2, -0.15) is 0 Å². The van der Waals surface area contributed by atoms with Crippen LogP contribution in [-0.4, -0.2) is 27.6 Å². The quantitative estimate of drug-likeness (QED) is 0.890. The van der Waals surface area contributed by atoms with Crippen molar-refractivity contribution in [3.8, 4) is 0 Å². The molecule has 134 valence electrons. The first-order valence-electron chi connectivity index (χ1n) is 8.02. The molecular weight excluding hydrogens is 336 g/mol. The molecule has 1 amide bonds. The largest absolute Gasteiger partial charge is 0.345 e. The first kappa shape index (κ1) is 19.0. The molecule has 0 bridgehead atoms. The number of aryl methyl sites for hydroxylation is 2. The number of nitrogens with one attached hydrogen (secondary N) is 1. The van der Waals surface area contributed by atoms with Gasteiger partial charge in [-0.25, -0.2) is 8.42 Å². The first-order chi connectivity index (χ1) is 11.6. The van der Waals surface area contributed by atoms with Gasteiger partial charge in [0.05, 0.1) is 23.5 Å². The molecule has 0 saturated carbocycles. The van der Waals surface area contributed by atoms with Crippen molar-refractivity contribution in [3.63, 3.8) is 0 Å². The molecule has 0 fully saturated rings. The van der Waals surface area contributed by atoms with Gasteiger partial charge in [-0.1, -0.05) is 35.9 Å². The van der Waals surface area contributed by atoms with E-state index in [0.717, 1.165) is 27.3 Å². The zero-order valence-electron chi connectivity index (χ0n) is 15.2. The summed E-state index contributed by atoms with van der Waals surface area (Å²) in [5.74, 6) is -0.306. The summed E-state index contributed by atoms with van der Waals surface area (Å²) in [5, 5.41) is 2.97. The van der Waals surface area contributed by atoms with E-state index in [9.17, 15) is 13.2 Å². The third-order valence-electron chi connectivity index (χ3n) is 4.23. The minimum Gasteiger partial charge on any atom is -0.345 e. The second-order valence-electron chi connectivity index (χ2n) is 6.30. The average molecular weight is 360 g/mol. The van der Waals surface area contributed by atoms with Gasteiger partial charge in [-0.15, -0.1) is 0 Å². The molecule has 5 nitrogen and oxygen atoms in total. The number of carbonyl (C=O) groups is 1. The van der Waals surface area contributed by atoms with Crippen LogP contribution in [0.1, 0.15) is 40.0 Å². The lowest BCUT2D eigenvalue weighted by Crippen LogP contribution is -2.31. The third kappa shape index (κ3) is 4.39. The minimum atomic E-state index is -3.45. The number of hydrogen-bond donors (Lipinski definition) is 1. The van der Waals surface area contributed by atoms with Gasteiger partial charge in [0.1, 0.15) is 0 Å². The molecule has 0 aliphatic rings. The number of sulfonamides is 1. The summed E-state index contributed by atoms with van der Waals surface area (Å²) in [6.45, 7) is 5.93. The summed E-state index contributed by atoms with van der Waals surface area (Å²) >= 11 is 0. The van der Waals surface area contributed by atoms with Crippen molar-refractivity contribution in [2.75, 3.05) is 17.6 Å². The topological polar surface area (TPSA) is 66.5 Å². The number of carbonyl (C=O) groups excluding carboxylic acids is 1. The van der Waals surface area contributed by atoms with Crippen molar-refractivity contribution in [1.82, 2.24) is 5.32 Å². The van der Waals surface area contributed by atoms with E-state index >= 15 is 0 Å². The van der Waals surface area contributed by atoms with Crippen LogP contribution in [0.15, 0.2) is 42.5 Å². The molecule has 2 rings (SSSR count). The summed E-state index contributed by atoms with van der Waals surface area (Å²) in [5.41, 5.74) is 3.95. The van der Waals surface area contributed by atoms with Gasteiger partial charge in [0, 0.05) is 7.05 Å². The maximum Gasteiger partial charge on any atom is 0.253 e. The van der Waals surface area contributed by atoms with Gasteiger partial charge in [0.15, 0.2) is 0 Å². The Hall–Kier alpha value is -2.34. The summed E-state index contributed by atoms with van der Waals surface area (Å²) in [4.78, 5) is 12.7. The minimum absolute atomic E-state index is 0.191. The van der Waals surface area contributed by atoms with E-state index in [0.29, 0.717) is 11.3 Å². The standard InChI is InChI=1S/C19H24N2O3S/c1-13-10-11-14(2)17(12-13)15(3)20-19(22)16-8-6-7-9-18(16)21(4)25(5,23)24/h6-12,15H,1-5H3,(H,20,22)/t15-/m0/s1. The molecule has 2 aromatic rings. The van der Waals surface area contributed by atoms with E-state index in [1.165, 1.54) is 7.05 Å². The van der Waals surface area contributed by atoms with Gasteiger partial charge in [0.2, 0.25) is 10.0 Å². The molecular formula is C19H24N2O3S. The van der Waals surface area contributed by atoms with E-state index in [1.807, 2.05) is 32.9 Å². The van der Waals surface area contributed by atoms with Crippen molar-refractivity contribution < 1.29 is 13.2 Å². The van der Waals surface area contributed by atoms with Gasteiger partial charge in [-0.3, -0.25) is 9.10 Å². The summed E-state index contributed by atoms with van der Waals surface area (Å²) in [7, 11) is -2.01. The van der Waals surface area contributed by atoms with Crippen molar-refractivity contribution in [1.29, 1.82) is 0 Å². The van der Waals surface area contributed by atoms with Crippen molar-refractivity contribution in [3.05, 3.63) is 64.7 Å². The molecule has 0 aliphatic carbocycles. The lowest BCUT2D eigenvalue weighted by atomic mass is 9.99. The van der Waals surface area contributed by atoms with Crippen LogP contribution in [0.4, 0.5) is 5.69 Å². The number of rotatable bonds is 5. The fraction of sp³-hybridized carbons (Fsp3) is 0.316. The molecule has 0 aliphatic heterocycles. The zero-order valence-corrected chi connectivity index (χ0v) is 16.0. The maximum atomic E-state index is 12.7. The zero-order chi connectivity index (χ0) is 18.8. The monoisotopic (exact) mass is 360 g/mol. The molecule has 25 heavy (non-hydrogen) atoms. The highest BCUT2D eigenvalue weighted by molar-refractivity contribution is 7.92. The molecule has 0 aromatic heterocycles. The van der Waals surface area contributed by atoms with Crippen LogP contribution >= 0.6 is 0 Å². The summed E-state index contributed by atoms with van der Waals surface area (Å²) < 4.78 is 24.8. The van der Waals surface area contributed by atoms with Gasteiger partial charge in [0.25, 0.3) is 5.91 Å². The summed E-state index contributed by atoms with van der Waals surface area (Å²) in [6, 6.07) is 12.6. The Morgan fingerprint density at radius 3 is 2.40 bits per heavy atom. The Bertz CT molecular complexity index is 891. The molecule has 2 aromatic carbocycles. The van der Waals surface area contributed by atoms with Crippen LogP contribution in [0.5, 0.6) is 0 Å². The Balaban J connectivity index is 2.32. The highest BCUT2D eigenvalue weighted by Crippen LogP contribution is 2.24. The second kappa shape index (κ2) is 7.27. The van der Waals surface area contributed by atoms with Crippen LogP contribution in [0.25, 0.3) is 0 Å². The molecule has 0 heterocycles. The van der Waals surface area contributed by atoms with Crippen LogP contribution in [-0.2, 0) is 10.0 Å². The number of hydrogen-bond acceptors (Lipinski definition) is 3. The second-order valence-corrected chi connectivity index (χ2v) is 8.32. The lowest BCUT2D eigenvalue weighted by molar-refractivity contribution is 0.0940. The predicted octanol–water partition coefficient (Wildman–Crippen LogP) is 3.19. The highest BCUT2D eigenvalue weighted by atomic mass is 32.2. The normalized spacial score (nSPS) is 12.5. The van der Waals surface area contributed by atoms with E-state index in [-0.39, 0.29) is 11.9 Å². The Morgan fingerprint density at radius 2 is 1.76 bits per heavy atom. The fourth-order valence-corrected chi connectivity index (χ4v) is 3.21. The SMILES string of the molecule is Cc1ccc(C)c([C@H](C)NC(=O)c2ccccc2N(C)S(C)(=O)=O)c1. The van der Waals surface area contributed by atoms with E-state index in [1.54, 1.807) is 24.3 Å². The van der Waals surface area contributed by atoms with Crippen LogP contribution in [0.3, 0.4) is 0 Å². The Morgan fingerprint density at radius 1 is 1.12 bits per heavy atom. The van der Waals surface area contributed by atoms with Gasteiger partial charge in [-0.05, 0) is 44.0 Å². The van der Waals surface area contributed by atoms with Crippen LogP contribution in [0, 0.1) is 13.8 Å². The van der Waals surface area contributed by atoms with Crippen molar-refractivity contribution in [2.45, 2.75) is 26.8 Å². The molecule has 0 spiro atoms. The number of para-hydroxylation sites is 1. The average Bonchev–Trinajstić information content (AvgIpc) is 2.55. The van der Waals surface area contributed by atoms with Crippen molar-refractivity contribution in [2.24, 2.45) is 0 Å². The van der Waals surface area contributed by atoms with Gasteiger partial charge < -0.3 is 5.32 Å². The summed E-state index contributed by atoms with van der Waals surface area (Å²) in [6.07, 6.45) is 1.11.